The standard InChI is InChI=1S/C8H12O.C2H6/c1-4-8(9)6-5-7(2)3;1-2/h4-6,9H,2H2,1,3H3;1-2H3/b6-5-,8-4+;. The van der Waals surface area contributed by atoms with Crippen molar-refractivity contribution in [2.75, 3.05) is 0 Å². The summed E-state index contributed by atoms with van der Waals surface area (Å²) in [6.07, 6.45) is 5.00. The molecule has 0 spiro atoms. The van der Waals surface area contributed by atoms with E-state index in [9.17, 15) is 0 Å². The second-order valence-electron chi connectivity index (χ2n) is 1.89. The van der Waals surface area contributed by atoms with E-state index in [1.165, 1.54) is 0 Å². The Bertz CT molecular complexity index is 152. The number of rotatable bonds is 2. The number of hydrogen-bond acceptors (Lipinski definition) is 1. The third-order valence-electron chi connectivity index (χ3n) is 0.834. The number of aliphatic hydroxyl groups excluding tert-OH is 1. The second-order valence-corrected chi connectivity index (χ2v) is 1.89. The molecule has 64 valence electrons. The molecule has 0 fully saturated rings. The first-order chi connectivity index (χ1) is 5.16. The molecular formula is C10H18O. The first-order valence-corrected chi connectivity index (χ1v) is 3.85. The third-order valence-corrected chi connectivity index (χ3v) is 0.834. The van der Waals surface area contributed by atoms with Gasteiger partial charge >= 0.3 is 0 Å². The highest BCUT2D eigenvalue weighted by molar-refractivity contribution is 5.19. The van der Waals surface area contributed by atoms with E-state index in [1.54, 1.807) is 25.2 Å². The van der Waals surface area contributed by atoms with E-state index in [4.69, 9.17) is 5.11 Å². The van der Waals surface area contributed by atoms with E-state index in [-0.39, 0.29) is 5.76 Å². The molecule has 0 amide bonds. The Labute approximate surface area is 69.8 Å². The molecule has 0 heterocycles. The predicted molar refractivity (Wildman–Crippen MR) is 51.7 cm³/mol. The maximum Gasteiger partial charge on any atom is 0.111 e. The fourth-order valence-corrected chi connectivity index (χ4v) is 0.324. The van der Waals surface area contributed by atoms with Crippen molar-refractivity contribution < 1.29 is 5.11 Å². The lowest BCUT2D eigenvalue weighted by atomic mass is 10.3. The van der Waals surface area contributed by atoms with Crippen LogP contribution in [0.3, 0.4) is 0 Å². The van der Waals surface area contributed by atoms with Crippen LogP contribution in [0.5, 0.6) is 0 Å². The van der Waals surface area contributed by atoms with Crippen LogP contribution in [0.25, 0.3) is 0 Å². The van der Waals surface area contributed by atoms with Gasteiger partial charge in [0, 0.05) is 0 Å². The van der Waals surface area contributed by atoms with Gasteiger partial charge < -0.3 is 5.11 Å². The maximum absolute atomic E-state index is 8.84. The molecule has 0 aromatic carbocycles. The summed E-state index contributed by atoms with van der Waals surface area (Å²) in [4.78, 5) is 0. The number of hydrogen-bond donors (Lipinski definition) is 1. The SMILES string of the molecule is C=C(C)/C=C\C(O)=C/C.CC. The minimum Gasteiger partial charge on any atom is -0.508 e. The van der Waals surface area contributed by atoms with Crippen molar-refractivity contribution in [3.8, 4) is 0 Å². The summed E-state index contributed by atoms with van der Waals surface area (Å²) in [5.74, 6) is 0.276. The zero-order chi connectivity index (χ0) is 9.28. The zero-order valence-electron chi connectivity index (χ0n) is 7.89. The average molecular weight is 154 g/mol. The lowest BCUT2D eigenvalue weighted by Gasteiger charge is -1.86. The molecule has 0 radical (unpaired) electrons. The van der Waals surface area contributed by atoms with Crippen molar-refractivity contribution in [1.29, 1.82) is 0 Å². The van der Waals surface area contributed by atoms with Gasteiger partial charge in [0.2, 0.25) is 0 Å². The topological polar surface area (TPSA) is 20.2 Å². The third kappa shape index (κ3) is 12.3. The quantitative estimate of drug-likeness (QED) is 0.476. The first kappa shape index (κ1) is 12.7. The molecule has 0 atom stereocenters. The van der Waals surface area contributed by atoms with Crippen LogP contribution < -0.4 is 0 Å². The Morgan fingerprint density at radius 3 is 2.00 bits per heavy atom. The largest absolute Gasteiger partial charge is 0.508 e. The molecule has 0 bridgehead atoms. The Morgan fingerprint density at radius 1 is 1.27 bits per heavy atom. The Balaban J connectivity index is 0. The minimum atomic E-state index is 0.276. The van der Waals surface area contributed by atoms with E-state index in [1.807, 2.05) is 20.8 Å². The summed E-state index contributed by atoms with van der Waals surface area (Å²) in [6.45, 7) is 11.3. The summed E-state index contributed by atoms with van der Waals surface area (Å²) in [5, 5.41) is 8.84. The monoisotopic (exact) mass is 154 g/mol. The van der Waals surface area contributed by atoms with E-state index in [2.05, 4.69) is 6.58 Å². The van der Waals surface area contributed by atoms with E-state index < -0.39 is 0 Å². The zero-order valence-corrected chi connectivity index (χ0v) is 7.89. The molecule has 0 saturated carbocycles. The molecular weight excluding hydrogens is 136 g/mol. The van der Waals surface area contributed by atoms with E-state index >= 15 is 0 Å². The van der Waals surface area contributed by atoms with Gasteiger partial charge in [0.1, 0.15) is 5.76 Å². The van der Waals surface area contributed by atoms with Gasteiger partial charge in [0.25, 0.3) is 0 Å². The molecule has 1 N–H and O–H groups in total. The number of allylic oxidation sites excluding steroid dienone is 4. The van der Waals surface area contributed by atoms with Gasteiger partial charge in [-0.05, 0) is 26.0 Å². The molecule has 0 saturated heterocycles. The highest BCUT2D eigenvalue weighted by Crippen LogP contribution is 1.94. The van der Waals surface area contributed by atoms with Gasteiger partial charge in [-0.2, -0.15) is 0 Å². The van der Waals surface area contributed by atoms with Crippen molar-refractivity contribution in [3.05, 3.63) is 36.1 Å². The molecule has 0 unspecified atom stereocenters. The molecule has 0 aromatic rings. The second kappa shape index (κ2) is 9.02. The van der Waals surface area contributed by atoms with E-state index in [0.717, 1.165) is 5.57 Å². The summed E-state index contributed by atoms with van der Waals surface area (Å²) in [5.41, 5.74) is 0.934. The van der Waals surface area contributed by atoms with Crippen LogP contribution in [0.4, 0.5) is 0 Å². The highest BCUT2D eigenvalue weighted by atomic mass is 16.3. The van der Waals surface area contributed by atoms with Gasteiger partial charge in [0.05, 0.1) is 0 Å². The average Bonchev–Trinajstić information content (AvgIpc) is 2.04. The lowest BCUT2D eigenvalue weighted by molar-refractivity contribution is 0.431. The van der Waals surface area contributed by atoms with Crippen molar-refractivity contribution in [2.24, 2.45) is 0 Å². The fourth-order valence-electron chi connectivity index (χ4n) is 0.324. The molecule has 1 nitrogen and oxygen atoms in total. The highest BCUT2D eigenvalue weighted by Gasteiger charge is 1.78. The summed E-state index contributed by atoms with van der Waals surface area (Å²) < 4.78 is 0. The minimum absolute atomic E-state index is 0.276. The molecule has 1 heteroatoms. The van der Waals surface area contributed by atoms with Crippen molar-refractivity contribution >= 4 is 0 Å². The van der Waals surface area contributed by atoms with Crippen LogP contribution in [0, 0.1) is 0 Å². The predicted octanol–water partition coefficient (Wildman–Crippen LogP) is 3.61. The van der Waals surface area contributed by atoms with Crippen molar-refractivity contribution in [3.63, 3.8) is 0 Å². The smallest absolute Gasteiger partial charge is 0.111 e. The molecule has 0 rings (SSSR count). The van der Waals surface area contributed by atoms with Crippen LogP contribution in [-0.4, -0.2) is 5.11 Å². The van der Waals surface area contributed by atoms with Gasteiger partial charge in [-0.25, -0.2) is 0 Å². The normalized spacial score (nSPS) is 10.7. The van der Waals surface area contributed by atoms with Crippen LogP contribution in [0.2, 0.25) is 0 Å². The lowest BCUT2D eigenvalue weighted by Crippen LogP contribution is -1.70. The van der Waals surface area contributed by atoms with Crippen LogP contribution in [0.1, 0.15) is 27.7 Å². The van der Waals surface area contributed by atoms with Crippen LogP contribution in [0.15, 0.2) is 36.1 Å². The van der Waals surface area contributed by atoms with Crippen LogP contribution >= 0.6 is 0 Å². The summed E-state index contributed by atoms with van der Waals surface area (Å²) in [7, 11) is 0. The molecule has 0 aliphatic heterocycles. The molecule has 0 aliphatic carbocycles. The van der Waals surface area contributed by atoms with Crippen LogP contribution in [-0.2, 0) is 0 Å². The van der Waals surface area contributed by atoms with E-state index in [0.29, 0.717) is 0 Å². The van der Waals surface area contributed by atoms with Gasteiger partial charge in [-0.3, -0.25) is 0 Å². The number of aliphatic hydroxyl groups is 1. The first-order valence-electron chi connectivity index (χ1n) is 3.85. The van der Waals surface area contributed by atoms with Gasteiger partial charge in [-0.1, -0.05) is 32.1 Å². The fraction of sp³-hybridized carbons (Fsp3) is 0.400. The Kier molecular flexibility index (Phi) is 10.4. The maximum atomic E-state index is 8.84. The Morgan fingerprint density at radius 2 is 1.73 bits per heavy atom. The van der Waals surface area contributed by atoms with Crippen molar-refractivity contribution in [1.82, 2.24) is 0 Å². The molecule has 0 aliphatic rings. The van der Waals surface area contributed by atoms with Gasteiger partial charge in [-0.15, -0.1) is 0 Å². The molecule has 11 heavy (non-hydrogen) atoms. The molecule has 0 aromatic heterocycles. The summed E-state index contributed by atoms with van der Waals surface area (Å²) >= 11 is 0. The van der Waals surface area contributed by atoms with Gasteiger partial charge in [0.15, 0.2) is 0 Å². The summed E-state index contributed by atoms with van der Waals surface area (Å²) in [6, 6.07) is 0. The van der Waals surface area contributed by atoms with Crippen molar-refractivity contribution in [2.45, 2.75) is 27.7 Å². The Hall–Kier alpha value is -0.980.